The molecule has 0 atom stereocenters. The van der Waals surface area contributed by atoms with E-state index in [1.54, 1.807) is 11.3 Å². The maximum Gasteiger partial charge on any atom is 0.186 e. The van der Waals surface area contributed by atoms with Crippen molar-refractivity contribution in [2.75, 3.05) is 18.0 Å². The minimum Gasteiger partial charge on any atom is -0.366 e. The van der Waals surface area contributed by atoms with Crippen LogP contribution < -0.4 is 10.6 Å². The molecule has 108 valence electrons. The molecule has 0 bridgehead atoms. The van der Waals surface area contributed by atoms with Gasteiger partial charge in [-0.25, -0.2) is 4.98 Å². The molecule has 1 aromatic rings. The molecule has 0 spiro atoms. The Morgan fingerprint density at radius 3 is 2.26 bits per heavy atom. The lowest BCUT2D eigenvalue weighted by Gasteiger charge is -2.47. The van der Waals surface area contributed by atoms with Gasteiger partial charge in [0.25, 0.3) is 0 Å². The molecule has 0 amide bonds. The highest BCUT2D eigenvalue weighted by Gasteiger charge is 2.39. The molecule has 0 aliphatic carbocycles. The summed E-state index contributed by atoms with van der Waals surface area (Å²) in [7, 11) is 0. The predicted octanol–water partition coefficient (Wildman–Crippen LogP) is 2.56. The van der Waals surface area contributed by atoms with Gasteiger partial charge in [-0.15, -0.1) is 11.3 Å². The van der Waals surface area contributed by atoms with Crippen LogP contribution in [0.3, 0.4) is 0 Å². The first-order valence-electron chi connectivity index (χ1n) is 6.90. The van der Waals surface area contributed by atoms with Crippen molar-refractivity contribution in [2.45, 2.75) is 58.8 Å². The Hall–Kier alpha value is -0.650. The summed E-state index contributed by atoms with van der Waals surface area (Å²) >= 11 is 1.73. The maximum absolute atomic E-state index is 6.11. The van der Waals surface area contributed by atoms with Gasteiger partial charge in [0, 0.05) is 24.5 Å². The highest BCUT2D eigenvalue weighted by atomic mass is 32.1. The zero-order chi connectivity index (χ0) is 14.3. The Labute approximate surface area is 120 Å². The van der Waals surface area contributed by atoms with Crippen molar-refractivity contribution in [1.82, 2.24) is 4.98 Å². The van der Waals surface area contributed by atoms with E-state index in [0.29, 0.717) is 6.54 Å². The van der Waals surface area contributed by atoms with E-state index in [1.807, 2.05) is 0 Å². The third kappa shape index (κ3) is 3.27. The molecule has 1 saturated heterocycles. The van der Waals surface area contributed by atoms with E-state index in [4.69, 9.17) is 15.5 Å². The van der Waals surface area contributed by atoms with Crippen LogP contribution in [0.15, 0.2) is 0 Å². The number of rotatable bonds is 3. The minimum atomic E-state index is -0.150. The smallest absolute Gasteiger partial charge is 0.186 e. The van der Waals surface area contributed by atoms with Crippen LogP contribution in [-0.4, -0.2) is 29.3 Å². The second kappa shape index (κ2) is 5.04. The van der Waals surface area contributed by atoms with Crippen molar-refractivity contribution in [2.24, 2.45) is 5.73 Å². The topological polar surface area (TPSA) is 51.4 Å². The molecule has 1 fully saturated rings. The summed E-state index contributed by atoms with van der Waals surface area (Å²) in [6.07, 6.45) is 0.945. The number of aryl methyl sites for hydroxylation is 1. The summed E-state index contributed by atoms with van der Waals surface area (Å²) in [5.41, 5.74) is 6.65. The number of hydrogen-bond donors (Lipinski definition) is 1. The normalized spacial score (nSPS) is 21.7. The van der Waals surface area contributed by atoms with Gasteiger partial charge in [-0.3, -0.25) is 0 Å². The van der Waals surface area contributed by atoms with Crippen LogP contribution >= 0.6 is 11.3 Å². The SMILES string of the molecule is CCc1nc(N2CC(C)(C)OC(C)(C)C2)sc1CN. The second-order valence-corrected chi connectivity index (χ2v) is 7.46. The lowest BCUT2D eigenvalue weighted by molar-refractivity contribution is -0.133. The molecule has 5 heteroatoms. The molecule has 0 unspecified atom stereocenters. The third-order valence-electron chi connectivity index (χ3n) is 3.25. The summed E-state index contributed by atoms with van der Waals surface area (Å²) in [4.78, 5) is 8.31. The molecule has 2 rings (SSSR count). The molecule has 19 heavy (non-hydrogen) atoms. The van der Waals surface area contributed by atoms with Gasteiger partial charge >= 0.3 is 0 Å². The predicted molar refractivity (Wildman–Crippen MR) is 80.8 cm³/mol. The van der Waals surface area contributed by atoms with Crippen molar-refractivity contribution in [3.05, 3.63) is 10.6 Å². The number of morpholine rings is 1. The van der Waals surface area contributed by atoms with Crippen LogP contribution in [0.25, 0.3) is 0 Å². The lowest BCUT2D eigenvalue weighted by Crippen LogP contribution is -2.57. The number of hydrogen-bond acceptors (Lipinski definition) is 5. The van der Waals surface area contributed by atoms with Gasteiger partial charge in [0.15, 0.2) is 5.13 Å². The van der Waals surface area contributed by atoms with Gasteiger partial charge in [0.1, 0.15) is 0 Å². The van der Waals surface area contributed by atoms with Gasteiger partial charge in [0.05, 0.1) is 16.9 Å². The fraction of sp³-hybridized carbons (Fsp3) is 0.786. The van der Waals surface area contributed by atoms with Crippen LogP contribution in [0, 0.1) is 0 Å². The first kappa shape index (κ1) is 14.8. The maximum atomic E-state index is 6.11. The Balaban J connectivity index is 2.28. The molecule has 0 aromatic carbocycles. The van der Waals surface area contributed by atoms with E-state index in [1.165, 1.54) is 4.88 Å². The van der Waals surface area contributed by atoms with Gasteiger partial charge in [-0.2, -0.15) is 0 Å². The van der Waals surface area contributed by atoms with E-state index < -0.39 is 0 Å². The Bertz CT molecular complexity index is 416. The van der Waals surface area contributed by atoms with Gasteiger partial charge in [-0.1, -0.05) is 6.92 Å². The average molecular weight is 283 g/mol. The lowest BCUT2D eigenvalue weighted by atomic mass is 9.99. The largest absolute Gasteiger partial charge is 0.366 e. The molecule has 0 radical (unpaired) electrons. The highest BCUT2D eigenvalue weighted by Crippen LogP contribution is 2.34. The van der Waals surface area contributed by atoms with E-state index in [0.717, 1.165) is 30.3 Å². The summed E-state index contributed by atoms with van der Waals surface area (Å²) in [5.74, 6) is 0. The summed E-state index contributed by atoms with van der Waals surface area (Å²) in [5, 5.41) is 1.08. The number of ether oxygens (including phenoxy) is 1. The van der Waals surface area contributed by atoms with Crippen molar-refractivity contribution >= 4 is 16.5 Å². The van der Waals surface area contributed by atoms with E-state index in [9.17, 15) is 0 Å². The van der Waals surface area contributed by atoms with Crippen LogP contribution in [-0.2, 0) is 17.7 Å². The summed E-state index contributed by atoms with van der Waals surface area (Å²) in [6.45, 7) is 13.0. The van der Waals surface area contributed by atoms with Crippen LogP contribution in [0.1, 0.15) is 45.2 Å². The zero-order valence-corrected chi connectivity index (χ0v) is 13.4. The molecule has 1 aliphatic rings. The Morgan fingerprint density at radius 2 is 1.84 bits per heavy atom. The monoisotopic (exact) mass is 283 g/mol. The minimum absolute atomic E-state index is 0.150. The van der Waals surface area contributed by atoms with Gasteiger partial charge in [0.2, 0.25) is 0 Å². The Morgan fingerprint density at radius 1 is 1.26 bits per heavy atom. The number of aromatic nitrogens is 1. The van der Waals surface area contributed by atoms with Gasteiger partial charge in [-0.05, 0) is 34.1 Å². The molecule has 2 N–H and O–H groups in total. The van der Waals surface area contributed by atoms with Crippen LogP contribution in [0.2, 0.25) is 0 Å². The standard InChI is InChI=1S/C14H25N3OS/c1-6-10-11(7-15)19-12(16-10)17-8-13(2,3)18-14(4,5)9-17/h6-9,15H2,1-5H3. The molecular formula is C14H25N3OS. The molecule has 2 heterocycles. The van der Waals surface area contributed by atoms with Crippen LogP contribution in [0.4, 0.5) is 5.13 Å². The Kier molecular flexibility index (Phi) is 3.91. The van der Waals surface area contributed by atoms with Crippen molar-refractivity contribution in [3.8, 4) is 0 Å². The highest BCUT2D eigenvalue weighted by molar-refractivity contribution is 7.15. The zero-order valence-electron chi connectivity index (χ0n) is 12.6. The summed E-state index contributed by atoms with van der Waals surface area (Å²) in [6, 6.07) is 0. The van der Waals surface area contributed by atoms with Gasteiger partial charge < -0.3 is 15.4 Å². The van der Waals surface area contributed by atoms with Crippen molar-refractivity contribution < 1.29 is 4.74 Å². The molecular weight excluding hydrogens is 258 g/mol. The first-order chi connectivity index (χ1) is 8.76. The van der Waals surface area contributed by atoms with E-state index in [2.05, 4.69) is 39.5 Å². The quantitative estimate of drug-likeness (QED) is 0.926. The summed E-state index contributed by atoms with van der Waals surface area (Å²) < 4.78 is 6.11. The molecule has 0 saturated carbocycles. The third-order valence-corrected chi connectivity index (χ3v) is 4.43. The number of thiazole rings is 1. The van der Waals surface area contributed by atoms with Crippen molar-refractivity contribution in [3.63, 3.8) is 0 Å². The molecule has 1 aromatic heterocycles. The number of anilines is 1. The van der Waals surface area contributed by atoms with Crippen LogP contribution in [0.5, 0.6) is 0 Å². The van der Waals surface area contributed by atoms with Crippen molar-refractivity contribution in [1.29, 1.82) is 0 Å². The first-order valence-corrected chi connectivity index (χ1v) is 7.72. The van der Waals surface area contributed by atoms with E-state index in [-0.39, 0.29) is 11.2 Å². The molecule has 1 aliphatic heterocycles. The second-order valence-electron chi connectivity index (χ2n) is 6.40. The number of nitrogens with two attached hydrogens (primary N) is 1. The molecule has 4 nitrogen and oxygen atoms in total. The van der Waals surface area contributed by atoms with E-state index >= 15 is 0 Å². The average Bonchev–Trinajstić information content (AvgIpc) is 2.67. The fourth-order valence-corrected chi connectivity index (χ4v) is 3.89. The number of nitrogens with zero attached hydrogens (tertiary/aromatic N) is 2. The fourth-order valence-electron chi connectivity index (χ4n) is 2.86.